The Morgan fingerprint density at radius 2 is 2.06 bits per heavy atom. The van der Waals surface area contributed by atoms with E-state index in [-0.39, 0.29) is 11.6 Å². The molecule has 98 valence electrons. The van der Waals surface area contributed by atoms with Crippen LogP contribution in [0.25, 0.3) is 0 Å². The molecule has 2 heteroatoms. The van der Waals surface area contributed by atoms with Crippen LogP contribution in [0.3, 0.4) is 0 Å². The zero-order valence-corrected chi connectivity index (χ0v) is 11.9. The summed E-state index contributed by atoms with van der Waals surface area (Å²) in [5, 5.41) is 0. The lowest BCUT2D eigenvalue weighted by molar-refractivity contribution is -0.148. The van der Waals surface area contributed by atoms with E-state index in [1.165, 1.54) is 18.4 Å². The number of ether oxygens (including phenoxy) is 1. The minimum Gasteiger partial charge on any atom is -0.457 e. The lowest BCUT2D eigenvalue weighted by Gasteiger charge is -2.27. The first-order valence-electron chi connectivity index (χ1n) is 6.70. The highest BCUT2D eigenvalue weighted by Crippen LogP contribution is 2.33. The predicted octanol–water partition coefficient (Wildman–Crippen LogP) is 4.10. The molecule has 0 aromatic carbocycles. The fourth-order valence-electron chi connectivity index (χ4n) is 2.33. The van der Waals surface area contributed by atoms with Crippen molar-refractivity contribution >= 4 is 5.97 Å². The molecule has 1 unspecified atom stereocenters. The molecule has 1 aliphatic rings. The zero-order valence-electron chi connectivity index (χ0n) is 11.9. The monoisotopic (exact) mass is 238 g/mol. The SMILES string of the molecule is CC(C)C1CCC/C(=C/C(=O)OC(C)(C)C)C1. The highest BCUT2D eigenvalue weighted by atomic mass is 16.6. The van der Waals surface area contributed by atoms with E-state index < -0.39 is 0 Å². The van der Waals surface area contributed by atoms with Crippen molar-refractivity contribution in [3.05, 3.63) is 11.6 Å². The lowest BCUT2D eigenvalue weighted by atomic mass is 9.79. The van der Waals surface area contributed by atoms with Gasteiger partial charge in [0.15, 0.2) is 0 Å². The summed E-state index contributed by atoms with van der Waals surface area (Å²) in [7, 11) is 0. The van der Waals surface area contributed by atoms with E-state index in [0.717, 1.165) is 18.8 Å². The third kappa shape index (κ3) is 5.38. The van der Waals surface area contributed by atoms with Crippen molar-refractivity contribution in [1.29, 1.82) is 0 Å². The first-order valence-corrected chi connectivity index (χ1v) is 6.70. The Morgan fingerprint density at radius 3 is 2.59 bits per heavy atom. The maximum absolute atomic E-state index is 11.7. The van der Waals surface area contributed by atoms with E-state index in [1.807, 2.05) is 20.8 Å². The number of esters is 1. The van der Waals surface area contributed by atoms with Gasteiger partial charge in [0.1, 0.15) is 5.60 Å². The molecule has 2 nitrogen and oxygen atoms in total. The molecule has 1 fully saturated rings. The summed E-state index contributed by atoms with van der Waals surface area (Å²) in [6.07, 6.45) is 6.35. The molecule has 0 heterocycles. The highest BCUT2D eigenvalue weighted by Gasteiger charge is 2.21. The van der Waals surface area contributed by atoms with Gasteiger partial charge in [-0.05, 0) is 58.3 Å². The molecular weight excluding hydrogens is 212 g/mol. The number of allylic oxidation sites excluding steroid dienone is 1. The third-order valence-corrected chi connectivity index (χ3v) is 3.27. The quantitative estimate of drug-likeness (QED) is 0.535. The van der Waals surface area contributed by atoms with E-state index >= 15 is 0 Å². The number of hydrogen-bond donors (Lipinski definition) is 0. The summed E-state index contributed by atoms with van der Waals surface area (Å²) >= 11 is 0. The van der Waals surface area contributed by atoms with E-state index in [1.54, 1.807) is 6.08 Å². The summed E-state index contributed by atoms with van der Waals surface area (Å²) in [5.74, 6) is 1.26. The Hall–Kier alpha value is -0.790. The van der Waals surface area contributed by atoms with Gasteiger partial charge < -0.3 is 4.74 Å². The van der Waals surface area contributed by atoms with Crippen LogP contribution in [0, 0.1) is 11.8 Å². The van der Waals surface area contributed by atoms with Crippen LogP contribution in [0.15, 0.2) is 11.6 Å². The Kier molecular flexibility index (Phi) is 4.79. The predicted molar refractivity (Wildman–Crippen MR) is 70.7 cm³/mol. The molecular formula is C15H26O2. The van der Waals surface area contributed by atoms with Gasteiger partial charge in [0.2, 0.25) is 0 Å². The second-order valence-electron chi connectivity index (χ2n) is 6.44. The van der Waals surface area contributed by atoms with Crippen LogP contribution in [-0.4, -0.2) is 11.6 Å². The third-order valence-electron chi connectivity index (χ3n) is 3.27. The minimum absolute atomic E-state index is 0.183. The van der Waals surface area contributed by atoms with Crippen LogP contribution in [0.4, 0.5) is 0 Å². The van der Waals surface area contributed by atoms with Crippen molar-refractivity contribution in [2.45, 2.75) is 65.9 Å². The van der Waals surface area contributed by atoms with E-state index in [4.69, 9.17) is 4.74 Å². The topological polar surface area (TPSA) is 26.3 Å². The van der Waals surface area contributed by atoms with Crippen LogP contribution in [0.1, 0.15) is 60.3 Å². The number of carbonyl (C=O) groups is 1. The zero-order chi connectivity index (χ0) is 13.1. The molecule has 0 spiro atoms. The number of rotatable bonds is 2. The van der Waals surface area contributed by atoms with Gasteiger partial charge in [-0.2, -0.15) is 0 Å². The van der Waals surface area contributed by atoms with Gasteiger partial charge in [-0.1, -0.05) is 19.4 Å². The molecule has 0 aliphatic heterocycles. The molecule has 0 saturated heterocycles. The van der Waals surface area contributed by atoms with Gasteiger partial charge in [-0.15, -0.1) is 0 Å². The van der Waals surface area contributed by atoms with Crippen molar-refractivity contribution in [2.75, 3.05) is 0 Å². The van der Waals surface area contributed by atoms with E-state index in [2.05, 4.69) is 13.8 Å². The molecule has 0 radical (unpaired) electrons. The average Bonchev–Trinajstić information content (AvgIpc) is 2.14. The summed E-state index contributed by atoms with van der Waals surface area (Å²) in [6, 6.07) is 0. The Bertz CT molecular complexity index is 295. The maximum atomic E-state index is 11.7. The van der Waals surface area contributed by atoms with Crippen LogP contribution in [0.5, 0.6) is 0 Å². The fourth-order valence-corrected chi connectivity index (χ4v) is 2.33. The Morgan fingerprint density at radius 1 is 1.41 bits per heavy atom. The Labute approximate surface area is 105 Å². The van der Waals surface area contributed by atoms with Crippen molar-refractivity contribution in [3.63, 3.8) is 0 Å². The Balaban J connectivity index is 2.57. The second kappa shape index (κ2) is 5.70. The minimum atomic E-state index is -0.389. The molecule has 0 aromatic rings. The van der Waals surface area contributed by atoms with Crippen LogP contribution < -0.4 is 0 Å². The van der Waals surface area contributed by atoms with Crippen LogP contribution in [-0.2, 0) is 9.53 Å². The standard InChI is InChI=1S/C15H26O2/c1-11(2)13-8-6-7-12(9-13)10-14(16)17-15(3,4)5/h10-11,13H,6-9H2,1-5H3/b12-10-. The largest absolute Gasteiger partial charge is 0.457 e. The van der Waals surface area contributed by atoms with E-state index in [0.29, 0.717) is 5.92 Å². The molecule has 1 aliphatic carbocycles. The average molecular weight is 238 g/mol. The van der Waals surface area contributed by atoms with E-state index in [9.17, 15) is 4.79 Å². The van der Waals surface area contributed by atoms with Gasteiger partial charge in [-0.25, -0.2) is 4.79 Å². The smallest absolute Gasteiger partial charge is 0.331 e. The molecule has 17 heavy (non-hydrogen) atoms. The van der Waals surface area contributed by atoms with Crippen LogP contribution in [0.2, 0.25) is 0 Å². The highest BCUT2D eigenvalue weighted by molar-refractivity contribution is 5.83. The first-order chi connectivity index (χ1) is 7.78. The number of carbonyl (C=O) groups excluding carboxylic acids is 1. The second-order valence-corrected chi connectivity index (χ2v) is 6.44. The van der Waals surface area contributed by atoms with Crippen molar-refractivity contribution in [3.8, 4) is 0 Å². The molecule has 0 amide bonds. The molecule has 1 atom stereocenters. The molecule has 0 N–H and O–H groups in total. The lowest BCUT2D eigenvalue weighted by Crippen LogP contribution is -2.23. The summed E-state index contributed by atoms with van der Waals surface area (Å²) < 4.78 is 5.32. The first kappa shape index (κ1) is 14.3. The van der Waals surface area contributed by atoms with Gasteiger partial charge in [-0.3, -0.25) is 0 Å². The van der Waals surface area contributed by atoms with Crippen molar-refractivity contribution in [1.82, 2.24) is 0 Å². The van der Waals surface area contributed by atoms with Gasteiger partial charge in [0, 0.05) is 6.08 Å². The van der Waals surface area contributed by atoms with Crippen molar-refractivity contribution in [2.24, 2.45) is 11.8 Å². The van der Waals surface area contributed by atoms with Crippen molar-refractivity contribution < 1.29 is 9.53 Å². The van der Waals surface area contributed by atoms with Crippen LogP contribution >= 0.6 is 0 Å². The van der Waals surface area contributed by atoms with Gasteiger partial charge >= 0.3 is 5.97 Å². The molecule has 1 saturated carbocycles. The summed E-state index contributed by atoms with van der Waals surface area (Å²) in [4.78, 5) is 11.7. The number of hydrogen-bond acceptors (Lipinski definition) is 2. The van der Waals surface area contributed by atoms with Gasteiger partial charge in [0.25, 0.3) is 0 Å². The summed E-state index contributed by atoms with van der Waals surface area (Å²) in [5.41, 5.74) is 0.879. The van der Waals surface area contributed by atoms with Gasteiger partial charge in [0.05, 0.1) is 0 Å². The molecule has 0 bridgehead atoms. The summed E-state index contributed by atoms with van der Waals surface area (Å²) in [6.45, 7) is 10.2. The normalized spacial score (nSPS) is 24.1. The molecule has 1 rings (SSSR count). The fraction of sp³-hybridized carbons (Fsp3) is 0.800. The maximum Gasteiger partial charge on any atom is 0.331 e. The molecule has 0 aromatic heterocycles.